The first-order chi connectivity index (χ1) is 16.1. The molecule has 1 amide bonds. The normalized spacial score (nSPS) is 13.0. The molecule has 0 radical (unpaired) electrons. The predicted molar refractivity (Wildman–Crippen MR) is 129 cm³/mol. The molecule has 1 N–H and O–H groups in total. The number of ether oxygens (including phenoxy) is 2. The van der Waals surface area contributed by atoms with E-state index in [9.17, 15) is 14.4 Å². The molecule has 0 saturated heterocycles. The minimum Gasteiger partial charge on any atom is -0.462 e. The van der Waals surface area contributed by atoms with Gasteiger partial charge in [-0.25, -0.2) is 9.59 Å². The number of anilines is 1. The number of carbonyl (C=O) groups is 3. The van der Waals surface area contributed by atoms with Crippen LogP contribution in [0.3, 0.4) is 0 Å². The molecule has 0 bridgehead atoms. The zero-order chi connectivity index (χ0) is 23.2. The Labute approximate surface area is 196 Å². The standard InChI is InChI=1S/C26H25NO5S/c1-2-31-26(30)24-20-12-5-6-13-21(20)33-25(24)27-22(28)16-32-23(29)15-14-18-10-7-9-17-8-3-4-11-19(17)18/h3-4,7-11,14-15H,2,5-6,12-13,16H2,1H3,(H,27,28)/b15-14+. The minimum atomic E-state index is -0.617. The Morgan fingerprint density at radius 3 is 2.67 bits per heavy atom. The summed E-state index contributed by atoms with van der Waals surface area (Å²) in [7, 11) is 0. The van der Waals surface area contributed by atoms with E-state index in [1.165, 1.54) is 17.4 Å². The number of rotatable bonds is 7. The molecule has 1 aliphatic rings. The van der Waals surface area contributed by atoms with Crippen LogP contribution in [0, 0.1) is 0 Å². The molecule has 1 aliphatic carbocycles. The van der Waals surface area contributed by atoms with Crippen LogP contribution in [0.1, 0.15) is 46.1 Å². The number of fused-ring (bicyclic) bond motifs is 2. The molecule has 0 fully saturated rings. The first kappa shape index (κ1) is 22.7. The first-order valence-electron chi connectivity index (χ1n) is 11.0. The van der Waals surface area contributed by atoms with Crippen molar-refractivity contribution in [3.05, 3.63) is 70.1 Å². The molecule has 0 aliphatic heterocycles. The highest BCUT2D eigenvalue weighted by Gasteiger charge is 2.27. The number of aryl methyl sites for hydroxylation is 1. The summed E-state index contributed by atoms with van der Waals surface area (Å²) in [5.41, 5.74) is 2.29. The lowest BCUT2D eigenvalue weighted by molar-refractivity contribution is -0.142. The van der Waals surface area contributed by atoms with Crippen LogP contribution in [0.25, 0.3) is 16.8 Å². The smallest absolute Gasteiger partial charge is 0.341 e. The van der Waals surface area contributed by atoms with E-state index in [1.54, 1.807) is 13.0 Å². The Morgan fingerprint density at radius 1 is 1.03 bits per heavy atom. The van der Waals surface area contributed by atoms with Gasteiger partial charge in [0.05, 0.1) is 12.2 Å². The number of thiophene rings is 1. The summed E-state index contributed by atoms with van der Waals surface area (Å²) in [6.07, 6.45) is 6.73. The Bertz CT molecular complexity index is 1220. The van der Waals surface area contributed by atoms with E-state index in [-0.39, 0.29) is 6.61 Å². The fourth-order valence-corrected chi connectivity index (χ4v) is 5.27. The molecule has 170 valence electrons. The molecule has 33 heavy (non-hydrogen) atoms. The van der Waals surface area contributed by atoms with E-state index in [4.69, 9.17) is 9.47 Å². The second-order valence-corrected chi connectivity index (χ2v) is 8.80. The van der Waals surface area contributed by atoms with Gasteiger partial charge in [-0.1, -0.05) is 42.5 Å². The molecule has 1 aromatic heterocycles. The van der Waals surface area contributed by atoms with E-state index in [2.05, 4.69) is 5.32 Å². The molecule has 3 aromatic rings. The highest BCUT2D eigenvalue weighted by atomic mass is 32.1. The second kappa shape index (κ2) is 10.4. The van der Waals surface area contributed by atoms with E-state index in [1.807, 2.05) is 42.5 Å². The number of nitrogens with one attached hydrogen (secondary N) is 1. The van der Waals surface area contributed by atoms with Crippen molar-refractivity contribution in [2.75, 3.05) is 18.5 Å². The van der Waals surface area contributed by atoms with Gasteiger partial charge in [-0.05, 0) is 60.6 Å². The van der Waals surface area contributed by atoms with E-state index in [0.29, 0.717) is 10.6 Å². The van der Waals surface area contributed by atoms with Crippen molar-refractivity contribution in [1.29, 1.82) is 0 Å². The average molecular weight is 464 g/mol. The van der Waals surface area contributed by atoms with Crippen molar-refractivity contribution in [3.8, 4) is 0 Å². The molecule has 0 atom stereocenters. The average Bonchev–Trinajstić information content (AvgIpc) is 3.19. The molecule has 6 nitrogen and oxygen atoms in total. The van der Waals surface area contributed by atoms with Gasteiger partial charge in [0.15, 0.2) is 6.61 Å². The number of benzene rings is 2. The maximum Gasteiger partial charge on any atom is 0.341 e. The monoisotopic (exact) mass is 463 g/mol. The summed E-state index contributed by atoms with van der Waals surface area (Å²) >= 11 is 1.40. The number of hydrogen-bond donors (Lipinski definition) is 1. The molecular weight excluding hydrogens is 438 g/mol. The van der Waals surface area contributed by atoms with Crippen molar-refractivity contribution in [2.45, 2.75) is 32.6 Å². The Morgan fingerprint density at radius 2 is 1.82 bits per heavy atom. The third-order valence-electron chi connectivity index (χ3n) is 5.47. The summed E-state index contributed by atoms with van der Waals surface area (Å²) in [5.74, 6) is -1.54. The second-order valence-electron chi connectivity index (χ2n) is 7.69. The van der Waals surface area contributed by atoms with Crippen molar-refractivity contribution < 1.29 is 23.9 Å². The molecule has 4 rings (SSSR count). The number of carbonyl (C=O) groups excluding carboxylic acids is 3. The first-order valence-corrected chi connectivity index (χ1v) is 11.8. The topological polar surface area (TPSA) is 81.7 Å². The van der Waals surface area contributed by atoms with Gasteiger partial charge >= 0.3 is 11.9 Å². The number of esters is 2. The predicted octanol–water partition coefficient (Wildman–Crippen LogP) is 5.15. The van der Waals surface area contributed by atoms with Gasteiger partial charge in [-0.15, -0.1) is 11.3 Å². The zero-order valence-electron chi connectivity index (χ0n) is 18.4. The van der Waals surface area contributed by atoms with Crippen LogP contribution in [0.2, 0.25) is 0 Å². The van der Waals surface area contributed by atoms with Crippen LogP contribution in [-0.4, -0.2) is 31.1 Å². The number of hydrogen-bond acceptors (Lipinski definition) is 6. The third-order valence-corrected chi connectivity index (χ3v) is 6.68. The van der Waals surface area contributed by atoms with Crippen LogP contribution in [-0.2, 0) is 31.9 Å². The quantitative estimate of drug-likeness (QED) is 0.387. The third kappa shape index (κ3) is 5.31. The molecule has 1 heterocycles. The molecule has 0 spiro atoms. The molecule has 0 unspecified atom stereocenters. The van der Waals surface area contributed by atoms with Gasteiger partial charge < -0.3 is 14.8 Å². The van der Waals surface area contributed by atoms with Crippen molar-refractivity contribution in [3.63, 3.8) is 0 Å². The highest BCUT2D eigenvalue weighted by molar-refractivity contribution is 7.17. The van der Waals surface area contributed by atoms with Gasteiger partial charge in [-0.3, -0.25) is 4.79 Å². The van der Waals surface area contributed by atoms with Gasteiger partial charge in [0.1, 0.15) is 5.00 Å². The summed E-state index contributed by atoms with van der Waals surface area (Å²) in [4.78, 5) is 38.2. The van der Waals surface area contributed by atoms with Crippen molar-refractivity contribution in [2.24, 2.45) is 0 Å². The van der Waals surface area contributed by atoms with Gasteiger partial charge in [0, 0.05) is 11.0 Å². The van der Waals surface area contributed by atoms with Crippen LogP contribution in [0.5, 0.6) is 0 Å². The highest BCUT2D eigenvalue weighted by Crippen LogP contribution is 2.38. The Kier molecular flexibility index (Phi) is 7.19. The van der Waals surface area contributed by atoms with Gasteiger partial charge in [-0.2, -0.15) is 0 Å². The van der Waals surface area contributed by atoms with E-state index < -0.39 is 24.5 Å². The van der Waals surface area contributed by atoms with Gasteiger partial charge in [0.25, 0.3) is 5.91 Å². The number of amides is 1. The zero-order valence-corrected chi connectivity index (χ0v) is 19.2. The van der Waals surface area contributed by atoms with Gasteiger partial charge in [0.2, 0.25) is 0 Å². The molecule has 2 aromatic carbocycles. The largest absolute Gasteiger partial charge is 0.462 e. The van der Waals surface area contributed by atoms with Crippen LogP contribution in [0.15, 0.2) is 48.5 Å². The molecule has 7 heteroatoms. The molecular formula is C26H25NO5S. The summed E-state index contributed by atoms with van der Waals surface area (Å²) in [6.45, 7) is 1.57. The van der Waals surface area contributed by atoms with Crippen LogP contribution in [0.4, 0.5) is 5.00 Å². The fraction of sp³-hybridized carbons (Fsp3) is 0.269. The lowest BCUT2D eigenvalue weighted by atomic mass is 9.95. The Hall–Kier alpha value is -3.45. The van der Waals surface area contributed by atoms with Crippen molar-refractivity contribution >= 4 is 51.0 Å². The van der Waals surface area contributed by atoms with E-state index >= 15 is 0 Å². The maximum atomic E-state index is 12.5. The fourth-order valence-electron chi connectivity index (χ4n) is 3.97. The van der Waals surface area contributed by atoms with E-state index in [0.717, 1.165) is 52.5 Å². The van der Waals surface area contributed by atoms with Crippen LogP contribution >= 0.6 is 11.3 Å². The summed E-state index contributed by atoms with van der Waals surface area (Å²) in [6, 6.07) is 13.7. The lowest BCUT2D eigenvalue weighted by Crippen LogP contribution is -2.21. The summed E-state index contributed by atoms with van der Waals surface area (Å²) < 4.78 is 10.3. The minimum absolute atomic E-state index is 0.261. The molecule has 0 saturated carbocycles. The van der Waals surface area contributed by atoms with Crippen molar-refractivity contribution in [1.82, 2.24) is 0 Å². The summed E-state index contributed by atoms with van der Waals surface area (Å²) in [5, 5.41) is 5.30. The maximum absolute atomic E-state index is 12.5. The lowest BCUT2D eigenvalue weighted by Gasteiger charge is -2.12. The Balaban J connectivity index is 1.39. The SMILES string of the molecule is CCOC(=O)c1c(NC(=O)COC(=O)/C=C/c2cccc3ccccc23)sc2c1CCCC2. The van der Waals surface area contributed by atoms with Crippen LogP contribution < -0.4 is 5.32 Å².